The number of benzene rings is 3. The maximum atomic E-state index is 14.1. The zero-order chi connectivity index (χ0) is 32.0. The molecule has 1 aromatic heterocycles. The summed E-state index contributed by atoms with van der Waals surface area (Å²) in [5.74, 6) is -3.18. The molecule has 2 aliphatic rings. The fourth-order valence-corrected chi connectivity index (χ4v) is 8.34. The third kappa shape index (κ3) is 5.46. The maximum absolute atomic E-state index is 14.1. The molecule has 1 saturated heterocycles. The number of aromatic nitrogens is 1. The molecule has 0 unspecified atom stereocenters. The van der Waals surface area contributed by atoms with E-state index < -0.39 is 44.6 Å². The highest BCUT2D eigenvalue weighted by atomic mass is 32.2. The first kappa shape index (κ1) is 30.1. The second-order valence-electron chi connectivity index (χ2n) is 10.5. The van der Waals surface area contributed by atoms with E-state index >= 15 is 0 Å². The number of thiazole rings is 1. The van der Waals surface area contributed by atoms with Crippen LogP contribution in [0.5, 0.6) is 11.5 Å². The van der Waals surface area contributed by atoms with Crippen LogP contribution in [0.1, 0.15) is 28.8 Å². The van der Waals surface area contributed by atoms with E-state index in [1.165, 1.54) is 34.9 Å². The first-order valence-electron chi connectivity index (χ1n) is 13.9. The molecule has 0 bridgehead atoms. The summed E-state index contributed by atoms with van der Waals surface area (Å²) >= 11 is 1.95. The molecule has 0 saturated carbocycles. The van der Waals surface area contributed by atoms with Crippen molar-refractivity contribution < 1.29 is 29.2 Å². The number of phenolic OH excluding ortho intramolecular Hbond substituents is 1. The Hall–Kier alpha value is -4.95. The molecule has 3 amide bonds. The molecular formula is C31H26N4O8S2. The summed E-state index contributed by atoms with van der Waals surface area (Å²) in [6.45, 7) is 3.63. The van der Waals surface area contributed by atoms with E-state index in [1.54, 1.807) is 31.2 Å². The molecule has 0 radical (unpaired) electrons. The number of hydrogen-bond donors (Lipinski definition) is 2. The molecule has 0 spiro atoms. The van der Waals surface area contributed by atoms with Gasteiger partial charge in [-0.1, -0.05) is 46.9 Å². The molecule has 45 heavy (non-hydrogen) atoms. The Morgan fingerprint density at radius 3 is 2.42 bits per heavy atom. The molecular weight excluding hydrogens is 620 g/mol. The lowest BCUT2D eigenvalue weighted by Crippen LogP contribution is -2.33. The number of nitrogens with zero attached hydrogens (tertiary/aromatic N) is 3. The number of nitro groups is 1. The number of anilines is 2. The fourth-order valence-electron chi connectivity index (χ4n) is 5.57. The van der Waals surface area contributed by atoms with Crippen LogP contribution in [0.2, 0.25) is 0 Å². The van der Waals surface area contributed by atoms with Gasteiger partial charge in [-0.3, -0.25) is 33.9 Å². The quantitative estimate of drug-likeness (QED) is 0.158. The van der Waals surface area contributed by atoms with Gasteiger partial charge in [0.1, 0.15) is 11.8 Å². The number of fused-ring (bicyclic) bond motifs is 2. The Labute approximate surface area is 264 Å². The van der Waals surface area contributed by atoms with Crippen molar-refractivity contribution in [2.75, 3.05) is 16.8 Å². The summed E-state index contributed by atoms with van der Waals surface area (Å²) in [7, 11) is 0. The summed E-state index contributed by atoms with van der Waals surface area (Å²) in [5, 5.41) is 23.8. The molecule has 4 aromatic rings. The predicted octanol–water partition coefficient (Wildman–Crippen LogP) is 4.67. The Kier molecular flexibility index (Phi) is 7.93. The van der Waals surface area contributed by atoms with Gasteiger partial charge in [0.25, 0.3) is 5.69 Å². The van der Waals surface area contributed by atoms with Crippen molar-refractivity contribution in [1.29, 1.82) is 0 Å². The van der Waals surface area contributed by atoms with E-state index in [1.807, 2.05) is 19.1 Å². The number of rotatable bonds is 8. The highest BCUT2D eigenvalue weighted by molar-refractivity contribution is 8.00. The van der Waals surface area contributed by atoms with E-state index in [9.17, 15) is 34.4 Å². The fraction of sp³-hybridized carbons (Fsp3) is 0.226. The maximum Gasteiger partial charge on any atom is 0.308 e. The van der Waals surface area contributed by atoms with E-state index in [4.69, 9.17) is 4.74 Å². The van der Waals surface area contributed by atoms with Crippen molar-refractivity contribution in [3.63, 3.8) is 0 Å². The number of aromatic hydroxyl groups is 1. The van der Waals surface area contributed by atoms with Crippen LogP contribution in [0.3, 0.4) is 0 Å². The van der Waals surface area contributed by atoms with Crippen LogP contribution in [0, 0.1) is 23.0 Å². The van der Waals surface area contributed by atoms with Gasteiger partial charge >= 0.3 is 4.87 Å². The second-order valence-corrected chi connectivity index (χ2v) is 12.6. The molecule has 3 heterocycles. The Bertz CT molecular complexity index is 1900. The minimum absolute atomic E-state index is 0.109. The van der Waals surface area contributed by atoms with Crippen molar-refractivity contribution in [2.24, 2.45) is 5.92 Å². The van der Waals surface area contributed by atoms with E-state index in [0.29, 0.717) is 21.2 Å². The van der Waals surface area contributed by atoms with E-state index in [-0.39, 0.29) is 36.0 Å². The second kappa shape index (κ2) is 11.9. The number of nitrogens with one attached hydrogen (secondary N) is 1. The molecule has 2 N–H and O–H groups in total. The molecule has 0 aliphatic carbocycles. The zero-order valence-electron chi connectivity index (χ0n) is 24.0. The number of amides is 3. The Morgan fingerprint density at radius 2 is 1.76 bits per heavy atom. The number of carbonyl (C=O) groups is 3. The number of aryl methyl sites for hydroxylation is 1. The molecule has 1 fully saturated rings. The number of hydrogen-bond acceptors (Lipinski definition) is 10. The van der Waals surface area contributed by atoms with Gasteiger partial charge in [-0.15, -0.1) is 0 Å². The van der Waals surface area contributed by atoms with Crippen molar-refractivity contribution in [2.45, 2.75) is 36.6 Å². The molecule has 3 aromatic carbocycles. The summed E-state index contributed by atoms with van der Waals surface area (Å²) in [6.07, 6.45) is 0. The van der Waals surface area contributed by atoms with Crippen molar-refractivity contribution >= 4 is 57.9 Å². The number of imide groups is 1. The van der Waals surface area contributed by atoms with Crippen LogP contribution < -0.4 is 19.8 Å². The van der Waals surface area contributed by atoms with Crippen LogP contribution in [0.4, 0.5) is 17.1 Å². The average Bonchev–Trinajstić information content (AvgIpc) is 3.45. The van der Waals surface area contributed by atoms with E-state index in [2.05, 4.69) is 5.32 Å². The van der Waals surface area contributed by atoms with Gasteiger partial charge in [-0.05, 0) is 55.8 Å². The van der Waals surface area contributed by atoms with Gasteiger partial charge in [-0.25, -0.2) is 4.90 Å². The number of non-ortho nitro benzene ring substituents is 1. The monoisotopic (exact) mass is 646 g/mol. The highest BCUT2D eigenvalue weighted by Gasteiger charge is 2.57. The number of carbonyl (C=O) groups excluding carboxylic acids is 3. The van der Waals surface area contributed by atoms with Gasteiger partial charge in [0.15, 0.2) is 11.5 Å². The summed E-state index contributed by atoms with van der Waals surface area (Å²) in [4.78, 5) is 66.1. The van der Waals surface area contributed by atoms with Crippen LogP contribution in [0.15, 0.2) is 76.6 Å². The summed E-state index contributed by atoms with van der Waals surface area (Å²) in [5.41, 5.74) is 2.12. The van der Waals surface area contributed by atoms with Gasteiger partial charge in [0, 0.05) is 28.6 Å². The van der Waals surface area contributed by atoms with Crippen molar-refractivity contribution in [3.05, 3.63) is 103 Å². The smallest absolute Gasteiger partial charge is 0.308 e. The predicted molar refractivity (Wildman–Crippen MR) is 168 cm³/mol. The average molecular weight is 647 g/mol. The number of nitro benzene ring substituents is 1. The van der Waals surface area contributed by atoms with Gasteiger partial charge < -0.3 is 15.2 Å². The number of phenols is 1. The van der Waals surface area contributed by atoms with Gasteiger partial charge in [-0.2, -0.15) is 0 Å². The summed E-state index contributed by atoms with van der Waals surface area (Å²) in [6, 6.07) is 17.0. The molecule has 3 atom stereocenters. The number of ether oxygens (including phenoxy) is 1. The lowest BCUT2D eigenvalue weighted by atomic mass is 9.83. The first-order valence-corrected chi connectivity index (χ1v) is 15.6. The van der Waals surface area contributed by atoms with Crippen molar-refractivity contribution in [3.8, 4) is 11.5 Å². The summed E-state index contributed by atoms with van der Waals surface area (Å²) < 4.78 is 6.91. The lowest BCUT2D eigenvalue weighted by molar-refractivity contribution is -0.384. The van der Waals surface area contributed by atoms with Crippen LogP contribution >= 0.6 is 23.1 Å². The van der Waals surface area contributed by atoms with Crippen molar-refractivity contribution in [1.82, 2.24) is 4.57 Å². The van der Waals surface area contributed by atoms with Gasteiger partial charge in [0.2, 0.25) is 17.7 Å². The topological polar surface area (TPSA) is 161 Å². The molecule has 12 nitrogen and oxygen atoms in total. The molecule has 2 aliphatic heterocycles. The minimum Gasteiger partial charge on any atom is -0.504 e. The standard InChI is InChI=1S/C31H26N4O8S2/c1-3-43-22-14-17(6-13-21(22)36)24-25-26(29(39)34(28(25)38)19-9-11-20(12-10-19)35(41)42)44-30-27(24)45-31(40)33(30)15-23(37)32-18-7-4-16(2)5-8-18/h4-14,24-26,36H,3,15H2,1-2H3,(H,32,37)/t24-,25+,26-/m0/s1. The van der Waals surface area contributed by atoms with Crippen LogP contribution in [-0.4, -0.2) is 44.2 Å². The normalized spacial score (nSPS) is 18.8. The lowest BCUT2D eigenvalue weighted by Gasteiger charge is -2.31. The third-order valence-corrected chi connectivity index (χ3v) is 10.3. The largest absolute Gasteiger partial charge is 0.504 e. The SMILES string of the molecule is CCOc1cc([C@@H]2c3sc(=O)n(CC(=O)Nc4ccc(C)cc4)c3S[C@@H]3C(=O)N(c4ccc([N+](=O)[O-])cc4)C(=O)[C@H]23)ccc1O. The third-order valence-electron chi connectivity index (χ3n) is 7.65. The van der Waals surface area contributed by atoms with Crippen LogP contribution in [0.25, 0.3) is 0 Å². The Balaban J connectivity index is 1.42. The molecule has 14 heteroatoms. The molecule has 6 rings (SSSR count). The minimum atomic E-state index is -0.963. The highest BCUT2D eigenvalue weighted by Crippen LogP contribution is 2.54. The Morgan fingerprint density at radius 1 is 1.04 bits per heavy atom. The van der Waals surface area contributed by atoms with Gasteiger partial charge in [0.05, 0.1) is 28.2 Å². The van der Waals surface area contributed by atoms with E-state index in [0.717, 1.165) is 33.6 Å². The first-order chi connectivity index (χ1) is 21.6. The molecule has 230 valence electrons. The van der Waals surface area contributed by atoms with Crippen LogP contribution in [-0.2, 0) is 20.9 Å². The zero-order valence-corrected chi connectivity index (χ0v) is 25.6. The number of thioether (sulfide) groups is 1.